The maximum atomic E-state index is 12.4. The molecule has 0 saturated heterocycles. The summed E-state index contributed by atoms with van der Waals surface area (Å²) >= 11 is 5.96. The molecule has 0 radical (unpaired) electrons. The molecule has 0 aliphatic carbocycles. The highest BCUT2D eigenvalue weighted by Crippen LogP contribution is 2.31. The minimum absolute atomic E-state index is 0.252. The number of anilines is 1. The van der Waals surface area contributed by atoms with Gasteiger partial charge in [0.25, 0.3) is 5.91 Å². The molecular weight excluding hydrogens is 342 g/mol. The smallest absolute Gasteiger partial charge is 0.313 e. The molecule has 2 N–H and O–H groups in total. The van der Waals surface area contributed by atoms with Crippen LogP contribution in [0, 0.1) is 0 Å². The molecule has 1 atom stereocenters. The predicted octanol–water partition coefficient (Wildman–Crippen LogP) is 3.64. The Labute approximate surface area is 150 Å². The van der Waals surface area contributed by atoms with Gasteiger partial charge in [-0.2, -0.15) is 0 Å². The summed E-state index contributed by atoms with van der Waals surface area (Å²) in [5.74, 6) is -0.485. The average Bonchev–Trinajstić information content (AvgIpc) is 2.98. The number of halogens is 1. The molecule has 0 aromatic heterocycles. The van der Waals surface area contributed by atoms with E-state index < -0.39 is 17.5 Å². The van der Waals surface area contributed by atoms with Crippen molar-refractivity contribution in [1.29, 1.82) is 0 Å². The zero-order chi connectivity index (χ0) is 18.2. The number of aliphatic carboxylic acids is 1. The van der Waals surface area contributed by atoms with Gasteiger partial charge in [-0.05, 0) is 55.3 Å². The van der Waals surface area contributed by atoms with Gasteiger partial charge in [0, 0.05) is 17.1 Å². The van der Waals surface area contributed by atoms with Gasteiger partial charge in [0.2, 0.25) is 0 Å². The Morgan fingerprint density at radius 1 is 1.20 bits per heavy atom. The molecule has 0 saturated carbocycles. The molecule has 2 aromatic carbocycles. The second kappa shape index (κ2) is 6.41. The van der Waals surface area contributed by atoms with E-state index in [1.807, 2.05) is 0 Å². The van der Waals surface area contributed by atoms with E-state index >= 15 is 0 Å². The van der Waals surface area contributed by atoms with Crippen molar-refractivity contribution >= 4 is 29.2 Å². The topological polar surface area (TPSA) is 75.6 Å². The van der Waals surface area contributed by atoms with Crippen LogP contribution in [0.15, 0.2) is 42.5 Å². The van der Waals surface area contributed by atoms with Gasteiger partial charge in [-0.3, -0.25) is 9.59 Å². The molecule has 2 aromatic rings. The number of hydrogen-bond acceptors (Lipinski definition) is 3. The fourth-order valence-corrected chi connectivity index (χ4v) is 2.87. The molecule has 25 heavy (non-hydrogen) atoms. The first-order chi connectivity index (χ1) is 11.8. The van der Waals surface area contributed by atoms with E-state index in [-0.39, 0.29) is 5.91 Å². The molecule has 130 valence electrons. The zero-order valence-corrected chi connectivity index (χ0v) is 14.6. The van der Waals surface area contributed by atoms with Crippen molar-refractivity contribution in [3.63, 3.8) is 0 Å². The van der Waals surface area contributed by atoms with Gasteiger partial charge in [-0.15, -0.1) is 0 Å². The summed E-state index contributed by atoms with van der Waals surface area (Å²) in [4.78, 5) is 23.7. The first kappa shape index (κ1) is 17.3. The van der Waals surface area contributed by atoms with Crippen LogP contribution in [0.4, 0.5) is 5.69 Å². The SMILES string of the molecule is CC(C)(C(=O)O)c1ccc(NC(=O)C2Cc3cc(Cl)ccc3O2)cc1. The lowest BCUT2D eigenvalue weighted by molar-refractivity contribution is -0.142. The van der Waals surface area contributed by atoms with E-state index in [9.17, 15) is 14.7 Å². The standard InChI is InChI=1S/C19H18ClNO4/c1-19(2,18(23)24)12-3-6-14(7-4-12)21-17(22)16-10-11-9-13(20)5-8-15(11)25-16/h3-9,16H,10H2,1-2H3,(H,21,22)(H,23,24). The van der Waals surface area contributed by atoms with Crippen LogP contribution in [0.25, 0.3) is 0 Å². The van der Waals surface area contributed by atoms with Crippen molar-refractivity contribution in [3.05, 3.63) is 58.6 Å². The number of carbonyl (C=O) groups is 2. The molecule has 5 nitrogen and oxygen atoms in total. The van der Waals surface area contributed by atoms with Crippen molar-refractivity contribution in [2.24, 2.45) is 0 Å². The second-order valence-electron chi connectivity index (χ2n) is 6.56. The summed E-state index contributed by atoms with van der Waals surface area (Å²) in [6, 6.07) is 12.1. The van der Waals surface area contributed by atoms with Gasteiger partial charge < -0.3 is 15.2 Å². The highest BCUT2D eigenvalue weighted by Gasteiger charge is 2.31. The molecule has 0 fully saturated rings. The van der Waals surface area contributed by atoms with Crippen LogP contribution in [-0.4, -0.2) is 23.1 Å². The van der Waals surface area contributed by atoms with E-state index in [0.29, 0.717) is 28.4 Å². The number of fused-ring (bicyclic) bond motifs is 1. The fraction of sp³-hybridized carbons (Fsp3) is 0.263. The number of carboxylic acids is 1. The minimum atomic E-state index is -0.988. The lowest BCUT2D eigenvalue weighted by atomic mass is 9.85. The second-order valence-corrected chi connectivity index (χ2v) is 7.00. The maximum Gasteiger partial charge on any atom is 0.313 e. The normalized spacial score (nSPS) is 16.0. The van der Waals surface area contributed by atoms with Crippen LogP contribution in [-0.2, 0) is 21.4 Å². The quantitative estimate of drug-likeness (QED) is 0.873. The first-order valence-corrected chi connectivity index (χ1v) is 8.25. The van der Waals surface area contributed by atoms with E-state index in [2.05, 4.69) is 5.32 Å². The Hall–Kier alpha value is -2.53. The summed E-state index contributed by atoms with van der Waals surface area (Å²) in [5.41, 5.74) is 1.17. The number of benzene rings is 2. The third-order valence-electron chi connectivity index (χ3n) is 4.40. The third-order valence-corrected chi connectivity index (χ3v) is 4.63. The summed E-state index contributed by atoms with van der Waals surface area (Å²) < 4.78 is 5.66. The molecular formula is C19H18ClNO4. The number of amides is 1. The van der Waals surface area contributed by atoms with Crippen LogP contribution in [0.1, 0.15) is 25.0 Å². The summed E-state index contributed by atoms with van der Waals surface area (Å²) in [6.07, 6.45) is -0.144. The maximum absolute atomic E-state index is 12.4. The molecule has 1 unspecified atom stereocenters. The largest absolute Gasteiger partial charge is 0.481 e. The Morgan fingerprint density at radius 3 is 2.52 bits per heavy atom. The Morgan fingerprint density at radius 2 is 1.88 bits per heavy atom. The molecule has 0 bridgehead atoms. The van der Waals surface area contributed by atoms with Gasteiger partial charge in [0.05, 0.1) is 5.41 Å². The van der Waals surface area contributed by atoms with Gasteiger partial charge >= 0.3 is 5.97 Å². The van der Waals surface area contributed by atoms with Crippen LogP contribution >= 0.6 is 11.6 Å². The van der Waals surface area contributed by atoms with Gasteiger partial charge in [0.15, 0.2) is 6.10 Å². The molecule has 3 rings (SSSR count). The van der Waals surface area contributed by atoms with Crippen molar-refractivity contribution in [1.82, 2.24) is 0 Å². The molecule has 1 amide bonds. The van der Waals surface area contributed by atoms with Crippen molar-refractivity contribution < 1.29 is 19.4 Å². The van der Waals surface area contributed by atoms with Crippen LogP contribution in [0.3, 0.4) is 0 Å². The predicted molar refractivity (Wildman–Crippen MR) is 95.3 cm³/mol. The van der Waals surface area contributed by atoms with E-state index in [1.165, 1.54) is 0 Å². The fourth-order valence-electron chi connectivity index (χ4n) is 2.68. The van der Waals surface area contributed by atoms with Crippen LogP contribution in [0.2, 0.25) is 5.02 Å². The van der Waals surface area contributed by atoms with Crippen molar-refractivity contribution in [2.45, 2.75) is 31.8 Å². The van der Waals surface area contributed by atoms with Gasteiger partial charge in [-0.1, -0.05) is 23.7 Å². The number of carboxylic acid groups (broad SMARTS) is 1. The number of carbonyl (C=O) groups excluding carboxylic acids is 1. The highest BCUT2D eigenvalue weighted by molar-refractivity contribution is 6.30. The summed E-state index contributed by atoms with van der Waals surface area (Å²) in [7, 11) is 0. The van der Waals surface area contributed by atoms with E-state index in [4.69, 9.17) is 16.3 Å². The average molecular weight is 360 g/mol. The molecule has 6 heteroatoms. The monoisotopic (exact) mass is 359 g/mol. The highest BCUT2D eigenvalue weighted by atomic mass is 35.5. The molecule has 1 aliphatic rings. The minimum Gasteiger partial charge on any atom is -0.481 e. The van der Waals surface area contributed by atoms with Crippen molar-refractivity contribution in [3.8, 4) is 5.75 Å². The van der Waals surface area contributed by atoms with Crippen LogP contribution < -0.4 is 10.1 Å². The lowest BCUT2D eigenvalue weighted by Gasteiger charge is -2.20. The van der Waals surface area contributed by atoms with Gasteiger partial charge in [0.1, 0.15) is 5.75 Å². The Bertz CT molecular complexity index is 830. The number of ether oxygens (including phenoxy) is 1. The number of nitrogens with one attached hydrogen (secondary N) is 1. The first-order valence-electron chi connectivity index (χ1n) is 7.87. The lowest BCUT2D eigenvalue weighted by Crippen LogP contribution is -2.31. The zero-order valence-electron chi connectivity index (χ0n) is 13.9. The summed E-state index contributed by atoms with van der Waals surface area (Å²) in [6.45, 7) is 3.27. The molecule has 0 spiro atoms. The Kier molecular flexibility index (Phi) is 4.43. The van der Waals surface area contributed by atoms with E-state index in [0.717, 1.165) is 5.56 Å². The van der Waals surface area contributed by atoms with Gasteiger partial charge in [-0.25, -0.2) is 0 Å². The molecule has 1 heterocycles. The number of hydrogen-bond donors (Lipinski definition) is 2. The molecule has 1 aliphatic heterocycles. The number of rotatable bonds is 4. The van der Waals surface area contributed by atoms with Crippen LogP contribution in [0.5, 0.6) is 5.75 Å². The van der Waals surface area contributed by atoms with E-state index in [1.54, 1.807) is 56.3 Å². The summed E-state index contributed by atoms with van der Waals surface area (Å²) in [5, 5.41) is 12.7. The van der Waals surface area contributed by atoms with Crippen molar-refractivity contribution in [2.75, 3.05) is 5.32 Å². The third kappa shape index (κ3) is 3.46. The Balaban J connectivity index is 1.67.